The van der Waals surface area contributed by atoms with Gasteiger partial charge in [-0.2, -0.15) is 0 Å². The molecule has 0 unspecified atom stereocenters. The van der Waals surface area contributed by atoms with Crippen molar-refractivity contribution in [2.75, 3.05) is 0 Å². The highest BCUT2D eigenvalue weighted by Gasteiger charge is 2.14. The predicted octanol–water partition coefficient (Wildman–Crippen LogP) is 3.51. The number of hydrogen-bond acceptors (Lipinski definition) is 7. The van der Waals surface area contributed by atoms with E-state index < -0.39 is 4.92 Å². The van der Waals surface area contributed by atoms with E-state index in [-0.39, 0.29) is 22.4 Å². The third-order valence-corrected chi connectivity index (χ3v) is 3.84. The van der Waals surface area contributed by atoms with Crippen molar-refractivity contribution in [2.24, 2.45) is 0 Å². The molecule has 0 aliphatic heterocycles. The Kier molecular flexibility index (Phi) is 4.66. The van der Waals surface area contributed by atoms with Crippen LogP contribution < -0.4 is 0 Å². The van der Waals surface area contributed by atoms with E-state index in [0.717, 1.165) is 17.3 Å². The van der Waals surface area contributed by atoms with Gasteiger partial charge in [0.15, 0.2) is 0 Å². The fraction of sp³-hybridized carbons (Fsp3) is 0.0625. The average Bonchev–Trinajstić information content (AvgIpc) is 3.04. The maximum Gasteiger partial charge on any atom is 0.284 e. The molecule has 3 rings (SSSR count). The predicted molar refractivity (Wildman–Crippen MR) is 87.4 cm³/mol. The van der Waals surface area contributed by atoms with Crippen molar-refractivity contribution < 1.29 is 14.1 Å². The zero-order valence-corrected chi connectivity index (χ0v) is 13.1. The molecular weight excluding hydrogens is 330 g/mol. The highest BCUT2D eigenvalue weighted by molar-refractivity contribution is 8.13. The van der Waals surface area contributed by atoms with Crippen LogP contribution in [0.4, 0.5) is 5.69 Å². The number of nitro groups is 1. The van der Waals surface area contributed by atoms with Gasteiger partial charge in [0, 0.05) is 35.9 Å². The lowest BCUT2D eigenvalue weighted by Crippen LogP contribution is -1.98. The highest BCUT2D eigenvalue weighted by atomic mass is 32.2. The molecule has 120 valence electrons. The third kappa shape index (κ3) is 3.85. The van der Waals surface area contributed by atoms with Crippen LogP contribution in [0.3, 0.4) is 0 Å². The highest BCUT2D eigenvalue weighted by Crippen LogP contribution is 2.24. The van der Waals surface area contributed by atoms with Crippen molar-refractivity contribution in [3.05, 3.63) is 70.3 Å². The number of carbonyl (C=O) groups excluding carboxylic acids is 1. The van der Waals surface area contributed by atoms with Gasteiger partial charge in [0.05, 0.1) is 4.92 Å². The minimum atomic E-state index is -0.482. The smallest absolute Gasteiger partial charge is 0.284 e. The number of nitrogens with zero attached hydrogens (tertiary/aromatic N) is 3. The van der Waals surface area contributed by atoms with Crippen molar-refractivity contribution >= 4 is 22.6 Å². The third-order valence-electron chi connectivity index (χ3n) is 3.12. The molecule has 8 heteroatoms. The summed E-state index contributed by atoms with van der Waals surface area (Å²) in [5, 5.41) is 18.3. The van der Waals surface area contributed by atoms with Gasteiger partial charge in [-0.15, -0.1) is 10.2 Å². The Labute approximate surface area is 140 Å². The number of benzene rings is 2. The number of non-ortho nitro benzene ring substituents is 1. The van der Waals surface area contributed by atoms with Crippen LogP contribution in [-0.2, 0) is 11.2 Å². The SMILES string of the molecule is O=C(Cc1ccc([N+](=O)[O-])cc1)Sc1nnc(-c2ccccc2)o1. The Morgan fingerprint density at radius 2 is 1.79 bits per heavy atom. The van der Waals surface area contributed by atoms with Crippen LogP contribution in [0.25, 0.3) is 11.5 Å². The van der Waals surface area contributed by atoms with E-state index in [0.29, 0.717) is 11.5 Å². The molecule has 0 amide bonds. The van der Waals surface area contributed by atoms with Gasteiger partial charge in [-0.05, 0) is 17.7 Å². The lowest BCUT2D eigenvalue weighted by atomic mass is 10.1. The first-order chi connectivity index (χ1) is 11.6. The molecular formula is C16H11N3O4S. The van der Waals surface area contributed by atoms with E-state index in [9.17, 15) is 14.9 Å². The quantitative estimate of drug-likeness (QED) is 0.398. The fourth-order valence-electron chi connectivity index (χ4n) is 1.98. The maximum atomic E-state index is 12.0. The first kappa shape index (κ1) is 15.9. The minimum absolute atomic E-state index is 0.0109. The van der Waals surface area contributed by atoms with Crippen molar-refractivity contribution in [2.45, 2.75) is 11.6 Å². The summed E-state index contributed by atoms with van der Waals surface area (Å²) in [5.74, 6) is 0.348. The molecule has 0 fully saturated rings. The Morgan fingerprint density at radius 3 is 2.46 bits per heavy atom. The molecule has 3 aromatic rings. The van der Waals surface area contributed by atoms with Gasteiger partial charge in [0.25, 0.3) is 10.9 Å². The number of hydrogen-bond donors (Lipinski definition) is 0. The topological polar surface area (TPSA) is 99.1 Å². The van der Waals surface area contributed by atoms with Gasteiger partial charge >= 0.3 is 0 Å². The van der Waals surface area contributed by atoms with Gasteiger partial charge in [-0.1, -0.05) is 30.3 Å². The van der Waals surface area contributed by atoms with E-state index in [2.05, 4.69) is 10.2 Å². The average molecular weight is 341 g/mol. The number of nitro benzene ring substituents is 1. The summed E-state index contributed by atoms with van der Waals surface area (Å²) in [6.07, 6.45) is 0.117. The van der Waals surface area contributed by atoms with Crippen LogP contribution in [0.2, 0.25) is 0 Å². The normalized spacial score (nSPS) is 10.5. The van der Waals surface area contributed by atoms with Crippen LogP contribution >= 0.6 is 11.8 Å². The van der Waals surface area contributed by atoms with E-state index >= 15 is 0 Å². The minimum Gasteiger partial charge on any atom is -0.411 e. The fourth-order valence-corrected chi connectivity index (χ4v) is 2.62. The zero-order chi connectivity index (χ0) is 16.9. The summed E-state index contributed by atoms with van der Waals surface area (Å²) in [6.45, 7) is 0. The Morgan fingerprint density at radius 1 is 1.08 bits per heavy atom. The first-order valence-corrected chi connectivity index (χ1v) is 7.76. The molecule has 24 heavy (non-hydrogen) atoms. The van der Waals surface area contributed by atoms with Crippen molar-refractivity contribution in [3.63, 3.8) is 0 Å². The molecule has 1 heterocycles. The molecule has 2 aromatic carbocycles. The zero-order valence-electron chi connectivity index (χ0n) is 12.3. The monoisotopic (exact) mass is 341 g/mol. The molecule has 0 aliphatic carbocycles. The first-order valence-electron chi connectivity index (χ1n) is 6.95. The lowest BCUT2D eigenvalue weighted by molar-refractivity contribution is -0.384. The van der Waals surface area contributed by atoms with Crippen molar-refractivity contribution in [3.8, 4) is 11.5 Å². The Bertz CT molecular complexity index is 863. The van der Waals surface area contributed by atoms with E-state index in [1.165, 1.54) is 12.1 Å². The van der Waals surface area contributed by atoms with Crippen molar-refractivity contribution in [1.82, 2.24) is 10.2 Å². The second-order valence-electron chi connectivity index (χ2n) is 4.81. The summed E-state index contributed by atoms with van der Waals surface area (Å²) in [5.41, 5.74) is 1.45. The molecule has 0 spiro atoms. The summed E-state index contributed by atoms with van der Waals surface area (Å²) in [6, 6.07) is 15.1. The van der Waals surface area contributed by atoms with Crippen LogP contribution in [0, 0.1) is 10.1 Å². The lowest BCUT2D eigenvalue weighted by Gasteiger charge is -1.98. The second-order valence-corrected chi connectivity index (χ2v) is 5.82. The Hall–Kier alpha value is -3.00. The molecule has 1 aromatic heterocycles. The van der Waals surface area contributed by atoms with E-state index in [1.807, 2.05) is 30.3 Å². The molecule has 0 saturated heterocycles. The second kappa shape index (κ2) is 7.05. The summed E-state index contributed by atoms with van der Waals surface area (Å²) in [7, 11) is 0. The van der Waals surface area contributed by atoms with E-state index in [1.54, 1.807) is 12.1 Å². The number of thioether (sulfide) groups is 1. The number of carbonyl (C=O) groups is 1. The van der Waals surface area contributed by atoms with Crippen molar-refractivity contribution in [1.29, 1.82) is 0 Å². The Balaban J connectivity index is 1.63. The van der Waals surface area contributed by atoms with Gasteiger partial charge in [0.1, 0.15) is 0 Å². The molecule has 0 bridgehead atoms. The van der Waals surface area contributed by atoms with Gasteiger partial charge in [-0.3, -0.25) is 14.9 Å². The number of rotatable bonds is 5. The molecule has 0 aliphatic rings. The maximum absolute atomic E-state index is 12.0. The molecule has 0 atom stereocenters. The summed E-state index contributed by atoms with van der Waals surface area (Å²) < 4.78 is 5.46. The van der Waals surface area contributed by atoms with Crippen LogP contribution in [0.5, 0.6) is 0 Å². The standard InChI is InChI=1S/C16H11N3O4S/c20-14(10-11-6-8-13(9-7-11)19(21)22)24-16-18-17-15(23-16)12-4-2-1-3-5-12/h1-9H,10H2. The molecule has 0 radical (unpaired) electrons. The summed E-state index contributed by atoms with van der Waals surface area (Å²) >= 11 is 0.851. The van der Waals surface area contributed by atoms with Gasteiger partial charge in [0.2, 0.25) is 11.0 Å². The van der Waals surface area contributed by atoms with Crippen LogP contribution in [0.15, 0.2) is 64.2 Å². The van der Waals surface area contributed by atoms with E-state index in [4.69, 9.17) is 4.42 Å². The van der Waals surface area contributed by atoms with Gasteiger partial charge in [-0.25, -0.2) is 0 Å². The molecule has 0 saturated carbocycles. The largest absolute Gasteiger partial charge is 0.411 e. The van der Waals surface area contributed by atoms with Gasteiger partial charge < -0.3 is 4.42 Å². The molecule has 7 nitrogen and oxygen atoms in total. The summed E-state index contributed by atoms with van der Waals surface area (Å²) in [4.78, 5) is 22.2. The molecule has 0 N–H and O–H groups in total. The van der Waals surface area contributed by atoms with Crippen LogP contribution in [-0.4, -0.2) is 20.2 Å². The van der Waals surface area contributed by atoms with Crippen LogP contribution in [0.1, 0.15) is 5.56 Å². The number of aromatic nitrogens is 2.